The molecule has 1 aliphatic heterocycles. The fourth-order valence-electron chi connectivity index (χ4n) is 1.89. The van der Waals surface area contributed by atoms with Crippen molar-refractivity contribution in [3.63, 3.8) is 0 Å². The summed E-state index contributed by atoms with van der Waals surface area (Å²) in [6, 6.07) is 3.36. The van der Waals surface area contributed by atoms with Gasteiger partial charge in [-0.15, -0.1) is 11.3 Å². The van der Waals surface area contributed by atoms with Crippen molar-refractivity contribution in [3.05, 3.63) is 17.0 Å². The summed E-state index contributed by atoms with van der Waals surface area (Å²) >= 11 is 1.22. The van der Waals surface area contributed by atoms with E-state index < -0.39 is 9.84 Å². The van der Waals surface area contributed by atoms with E-state index in [9.17, 15) is 8.42 Å². The van der Waals surface area contributed by atoms with Crippen molar-refractivity contribution in [3.8, 4) is 0 Å². The predicted octanol–water partition coefficient (Wildman–Crippen LogP) is 0.735. The number of nitrogens with one attached hydrogen (secondary N) is 1. The van der Waals surface area contributed by atoms with Crippen molar-refractivity contribution in [2.45, 2.75) is 29.7 Å². The molecule has 1 aromatic heterocycles. The van der Waals surface area contributed by atoms with Crippen LogP contribution >= 0.6 is 11.3 Å². The second kappa shape index (κ2) is 6.55. The van der Waals surface area contributed by atoms with Crippen LogP contribution in [0.5, 0.6) is 0 Å². The number of hydrogen-bond acceptors (Lipinski definition) is 5. The van der Waals surface area contributed by atoms with Gasteiger partial charge in [-0.3, -0.25) is 0 Å². The van der Waals surface area contributed by atoms with Crippen LogP contribution in [-0.2, 0) is 21.1 Å². The molecular formula is C12H19N3O3S2. The highest BCUT2D eigenvalue weighted by molar-refractivity contribution is 7.92. The van der Waals surface area contributed by atoms with E-state index >= 15 is 0 Å². The minimum Gasteiger partial charge on any atom is -0.376 e. The van der Waals surface area contributed by atoms with Crippen LogP contribution in [0.3, 0.4) is 0 Å². The van der Waals surface area contributed by atoms with Gasteiger partial charge in [-0.05, 0) is 25.0 Å². The molecule has 1 aromatic rings. The van der Waals surface area contributed by atoms with Gasteiger partial charge in [-0.1, -0.05) is 0 Å². The van der Waals surface area contributed by atoms with Crippen molar-refractivity contribution in [2.24, 2.45) is 10.7 Å². The number of nitrogens with zero attached hydrogens (tertiary/aromatic N) is 1. The molecular weight excluding hydrogens is 298 g/mol. The van der Waals surface area contributed by atoms with Crippen LogP contribution in [0.1, 0.15) is 17.7 Å². The molecule has 0 aromatic carbocycles. The minimum absolute atomic E-state index is 0.210. The lowest BCUT2D eigenvalue weighted by molar-refractivity contribution is 0.114. The van der Waals surface area contributed by atoms with Gasteiger partial charge in [-0.25, -0.2) is 13.4 Å². The van der Waals surface area contributed by atoms with Crippen LogP contribution in [0.4, 0.5) is 0 Å². The first-order valence-corrected chi connectivity index (χ1v) is 9.10. The third-order valence-electron chi connectivity index (χ3n) is 2.94. The number of sulfone groups is 1. The van der Waals surface area contributed by atoms with E-state index in [-0.39, 0.29) is 6.10 Å². The van der Waals surface area contributed by atoms with Gasteiger partial charge in [0.1, 0.15) is 4.21 Å². The van der Waals surface area contributed by atoms with Crippen molar-refractivity contribution in [1.82, 2.24) is 5.32 Å². The SMILES string of the molecule is CS(=O)(=O)c1ccc(CN=C(N)NCC2CCCO2)s1. The molecule has 0 radical (unpaired) electrons. The lowest BCUT2D eigenvalue weighted by atomic mass is 10.2. The first-order valence-electron chi connectivity index (χ1n) is 6.39. The molecule has 1 atom stereocenters. The molecule has 2 heterocycles. The molecule has 3 N–H and O–H groups in total. The molecule has 2 rings (SSSR count). The van der Waals surface area contributed by atoms with E-state index in [2.05, 4.69) is 10.3 Å². The zero-order valence-corrected chi connectivity index (χ0v) is 13.0. The number of aliphatic imine (C=N–C) groups is 1. The zero-order chi connectivity index (χ0) is 14.6. The molecule has 1 unspecified atom stereocenters. The maximum atomic E-state index is 11.4. The van der Waals surface area contributed by atoms with Crippen LogP contribution in [0.25, 0.3) is 0 Å². The van der Waals surface area contributed by atoms with E-state index in [1.54, 1.807) is 12.1 Å². The Kier molecular flexibility index (Phi) is 5.00. The monoisotopic (exact) mass is 317 g/mol. The molecule has 0 aliphatic carbocycles. The normalized spacial score (nSPS) is 20.2. The summed E-state index contributed by atoms with van der Waals surface area (Å²) in [6.07, 6.45) is 3.54. The Morgan fingerprint density at radius 2 is 2.40 bits per heavy atom. The Morgan fingerprint density at radius 3 is 3.00 bits per heavy atom. The third kappa shape index (κ3) is 4.46. The Bertz CT molecular complexity index is 575. The lowest BCUT2D eigenvalue weighted by Gasteiger charge is -2.10. The second-order valence-corrected chi connectivity index (χ2v) is 8.12. The van der Waals surface area contributed by atoms with Crippen LogP contribution in [-0.4, -0.2) is 39.9 Å². The van der Waals surface area contributed by atoms with Crippen LogP contribution in [0, 0.1) is 0 Å². The fraction of sp³-hybridized carbons (Fsp3) is 0.583. The maximum Gasteiger partial charge on any atom is 0.189 e. The molecule has 0 saturated carbocycles. The number of hydrogen-bond donors (Lipinski definition) is 2. The van der Waals surface area contributed by atoms with Gasteiger partial charge >= 0.3 is 0 Å². The van der Waals surface area contributed by atoms with Gasteiger partial charge in [-0.2, -0.15) is 0 Å². The molecule has 0 amide bonds. The Morgan fingerprint density at radius 1 is 1.60 bits per heavy atom. The fourth-order valence-corrected chi connectivity index (χ4v) is 3.79. The quantitative estimate of drug-likeness (QED) is 0.617. The second-order valence-electron chi connectivity index (χ2n) is 4.71. The van der Waals surface area contributed by atoms with Gasteiger partial charge < -0.3 is 15.8 Å². The number of guanidine groups is 1. The first kappa shape index (κ1) is 15.3. The van der Waals surface area contributed by atoms with E-state index in [1.807, 2.05) is 0 Å². The summed E-state index contributed by atoms with van der Waals surface area (Å²) in [6.45, 7) is 1.85. The van der Waals surface area contributed by atoms with Gasteiger partial charge in [0.25, 0.3) is 0 Å². The van der Waals surface area contributed by atoms with Gasteiger partial charge in [0, 0.05) is 24.3 Å². The van der Waals surface area contributed by atoms with Crippen LogP contribution in [0.15, 0.2) is 21.3 Å². The van der Waals surface area contributed by atoms with Crippen molar-refractivity contribution in [1.29, 1.82) is 0 Å². The van der Waals surface area contributed by atoms with E-state index in [4.69, 9.17) is 10.5 Å². The van der Waals surface area contributed by atoms with Crippen LogP contribution < -0.4 is 11.1 Å². The van der Waals surface area contributed by atoms with Crippen molar-refractivity contribution >= 4 is 27.1 Å². The van der Waals surface area contributed by atoms with Gasteiger partial charge in [0.05, 0.1) is 12.6 Å². The highest BCUT2D eigenvalue weighted by Gasteiger charge is 2.15. The summed E-state index contributed by atoms with van der Waals surface area (Å²) in [4.78, 5) is 5.06. The average molecular weight is 317 g/mol. The highest BCUT2D eigenvalue weighted by Crippen LogP contribution is 2.21. The molecule has 1 fully saturated rings. The number of thiophene rings is 1. The largest absolute Gasteiger partial charge is 0.376 e. The molecule has 8 heteroatoms. The lowest BCUT2D eigenvalue weighted by Crippen LogP contribution is -2.37. The summed E-state index contributed by atoms with van der Waals surface area (Å²) in [7, 11) is -3.14. The molecule has 112 valence electrons. The zero-order valence-electron chi connectivity index (χ0n) is 11.3. The van der Waals surface area contributed by atoms with Crippen LogP contribution in [0.2, 0.25) is 0 Å². The molecule has 0 bridgehead atoms. The Hall–Kier alpha value is -1.12. The first-order chi connectivity index (χ1) is 9.45. The predicted molar refractivity (Wildman–Crippen MR) is 79.7 cm³/mol. The molecule has 6 nitrogen and oxygen atoms in total. The highest BCUT2D eigenvalue weighted by atomic mass is 32.2. The van der Waals surface area contributed by atoms with Gasteiger partial charge in [0.15, 0.2) is 15.8 Å². The van der Waals surface area contributed by atoms with Gasteiger partial charge in [0.2, 0.25) is 0 Å². The van der Waals surface area contributed by atoms with E-state index in [0.717, 1.165) is 24.3 Å². The average Bonchev–Trinajstić information content (AvgIpc) is 3.04. The summed E-state index contributed by atoms with van der Waals surface area (Å²) in [5.41, 5.74) is 5.76. The standard InChI is InChI=1S/C12H19N3O3S2/c1-20(16,17)11-5-4-10(19-11)8-15-12(13)14-7-9-3-2-6-18-9/h4-5,9H,2-3,6-8H2,1H3,(H3,13,14,15). The molecule has 1 aliphatic rings. The molecule has 20 heavy (non-hydrogen) atoms. The third-order valence-corrected chi connectivity index (χ3v) is 5.83. The van der Waals surface area contributed by atoms with E-state index in [1.165, 1.54) is 17.6 Å². The smallest absolute Gasteiger partial charge is 0.189 e. The minimum atomic E-state index is -3.14. The number of ether oxygens (including phenoxy) is 1. The molecule has 1 saturated heterocycles. The van der Waals surface area contributed by atoms with Crippen molar-refractivity contribution in [2.75, 3.05) is 19.4 Å². The Balaban J connectivity index is 1.83. The summed E-state index contributed by atoms with van der Waals surface area (Å²) < 4.78 is 28.5. The topological polar surface area (TPSA) is 93.8 Å². The molecule has 0 spiro atoms. The number of nitrogens with two attached hydrogens (primary N) is 1. The summed E-state index contributed by atoms with van der Waals surface area (Å²) in [5.74, 6) is 0.356. The Labute approximate surface area is 123 Å². The number of rotatable bonds is 5. The van der Waals surface area contributed by atoms with Crippen molar-refractivity contribution < 1.29 is 13.2 Å². The van der Waals surface area contributed by atoms with E-state index in [0.29, 0.717) is 23.3 Å². The maximum absolute atomic E-state index is 11.4. The summed E-state index contributed by atoms with van der Waals surface area (Å²) in [5, 5.41) is 3.02.